The van der Waals surface area contributed by atoms with Gasteiger partial charge < -0.3 is 20.2 Å². The summed E-state index contributed by atoms with van der Waals surface area (Å²) in [5.74, 6) is -0.412. The second-order valence-corrected chi connectivity index (χ2v) is 4.42. The van der Waals surface area contributed by atoms with Gasteiger partial charge in [-0.05, 0) is 25.1 Å². The number of halogens is 1. The molecule has 3 atom stereocenters. The molecule has 1 aromatic rings. The highest BCUT2D eigenvalue weighted by atomic mass is 19.1. The van der Waals surface area contributed by atoms with Crippen molar-refractivity contribution in [3.63, 3.8) is 0 Å². The highest BCUT2D eigenvalue weighted by Crippen LogP contribution is 2.29. The highest BCUT2D eigenvalue weighted by molar-refractivity contribution is 5.56. The zero-order chi connectivity index (χ0) is 12.6. The Morgan fingerprint density at radius 1 is 1.29 bits per heavy atom. The Morgan fingerprint density at radius 2 is 1.88 bits per heavy atom. The third kappa shape index (κ3) is 2.41. The quantitative estimate of drug-likeness (QED) is 0.702. The molecule has 0 radical (unpaired) electrons. The van der Waals surface area contributed by atoms with Gasteiger partial charge in [-0.25, -0.2) is 4.39 Å². The predicted molar refractivity (Wildman–Crippen MR) is 61.3 cm³/mol. The van der Waals surface area contributed by atoms with Gasteiger partial charge in [0.2, 0.25) is 0 Å². The van der Waals surface area contributed by atoms with Crippen LogP contribution in [0.5, 0.6) is 0 Å². The Labute approximate surface area is 98.9 Å². The number of rotatable bonds is 2. The first-order valence-corrected chi connectivity index (χ1v) is 5.57. The van der Waals surface area contributed by atoms with Gasteiger partial charge in [0, 0.05) is 24.3 Å². The van der Waals surface area contributed by atoms with Crippen molar-refractivity contribution in [2.45, 2.75) is 25.2 Å². The summed E-state index contributed by atoms with van der Waals surface area (Å²) < 4.78 is 13.1. The van der Waals surface area contributed by atoms with Crippen molar-refractivity contribution in [2.75, 3.05) is 18.0 Å². The smallest absolute Gasteiger partial charge is 0.123 e. The van der Waals surface area contributed by atoms with Crippen LogP contribution in [0, 0.1) is 5.82 Å². The molecule has 17 heavy (non-hydrogen) atoms. The Morgan fingerprint density at radius 3 is 2.41 bits per heavy atom. The summed E-state index contributed by atoms with van der Waals surface area (Å²) in [6.07, 6.45) is -2.40. The summed E-state index contributed by atoms with van der Waals surface area (Å²) in [5.41, 5.74) is 1.11. The third-order valence-electron chi connectivity index (χ3n) is 3.04. The van der Waals surface area contributed by atoms with E-state index in [0.717, 1.165) is 0 Å². The number of anilines is 1. The Hall–Kier alpha value is -1.17. The van der Waals surface area contributed by atoms with Gasteiger partial charge in [0.25, 0.3) is 0 Å². The minimum atomic E-state index is -0.804. The molecular weight excluding hydrogens is 225 g/mol. The number of hydrogen-bond acceptors (Lipinski definition) is 4. The van der Waals surface area contributed by atoms with Gasteiger partial charge in [0.15, 0.2) is 0 Å². The normalized spacial score (nSPS) is 26.3. The van der Waals surface area contributed by atoms with Gasteiger partial charge in [-0.1, -0.05) is 0 Å². The van der Waals surface area contributed by atoms with E-state index in [2.05, 4.69) is 0 Å². The lowest BCUT2D eigenvalue weighted by molar-refractivity contribution is 0.0572. The Bertz CT molecular complexity index is 401. The first kappa shape index (κ1) is 12.3. The molecule has 5 heteroatoms. The van der Waals surface area contributed by atoms with Crippen LogP contribution in [0.4, 0.5) is 10.1 Å². The van der Waals surface area contributed by atoms with Crippen LogP contribution in [-0.2, 0) is 0 Å². The molecule has 1 aromatic carbocycles. The summed E-state index contributed by atoms with van der Waals surface area (Å²) in [6.45, 7) is 2.13. The topological polar surface area (TPSA) is 63.9 Å². The van der Waals surface area contributed by atoms with E-state index in [1.54, 1.807) is 17.9 Å². The molecule has 0 amide bonds. The van der Waals surface area contributed by atoms with Gasteiger partial charge in [-0.15, -0.1) is 0 Å². The van der Waals surface area contributed by atoms with Crippen molar-refractivity contribution in [2.24, 2.45) is 0 Å². The molecule has 1 fully saturated rings. The Balaban J connectivity index is 2.32. The minimum absolute atomic E-state index is 0.284. The molecular formula is C12H16FNO3. The first-order valence-electron chi connectivity index (χ1n) is 5.57. The zero-order valence-corrected chi connectivity index (χ0v) is 9.55. The minimum Gasteiger partial charge on any atom is -0.389 e. The van der Waals surface area contributed by atoms with E-state index in [1.165, 1.54) is 12.1 Å². The summed E-state index contributed by atoms with van der Waals surface area (Å²) in [7, 11) is 0. The maximum absolute atomic E-state index is 13.1. The van der Waals surface area contributed by atoms with E-state index in [-0.39, 0.29) is 13.1 Å². The molecule has 0 bridgehead atoms. The molecule has 4 nitrogen and oxygen atoms in total. The van der Waals surface area contributed by atoms with Crippen molar-refractivity contribution >= 4 is 5.69 Å². The van der Waals surface area contributed by atoms with Crippen LogP contribution in [0.15, 0.2) is 18.2 Å². The summed E-state index contributed by atoms with van der Waals surface area (Å²) in [5, 5.41) is 28.6. The molecule has 0 aliphatic carbocycles. The summed E-state index contributed by atoms with van der Waals surface area (Å²) in [4.78, 5) is 1.75. The lowest BCUT2D eigenvalue weighted by Gasteiger charge is -2.22. The van der Waals surface area contributed by atoms with E-state index in [4.69, 9.17) is 0 Å². The van der Waals surface area contributed by atoms with Crippen molar-refractivity contribution < 1.29 is 19.7 Å². The van der Waals surface area contributed by atoms with Crippen molar-refractivity contribution in [3.8, 4) is 0 Å². The van der Waals surface area contributed by atoms with Crippen molar-refractivity contribution in [1.82, 2.24) is 0 Å². The third-order valence-corrected chi connectivity index (χ3v) is 3.04. The molecule has 0 aromatic heterocycles. The van der Waals surface area contributed by atoms with E-state index < -0.39 is 24.1 Å². The highest BCUT2D eigenvalue weighted by Gasteiger charge is 2.31. The number of aliphatic hydroxyl groups excluding tert-OH is 3. The molecule has 0 spiro atoms. The molecule has 2 unspecified atom stereocenters. The predicted octanol–water partition coefficient (Wildman–Crippen LogP) is 0.421. The fraction of sp³-hybridized carbons (Fsp3) is 0.500. The first-order chi connectivity index (χ1) is 7.99. The van der Waals surface area contributed by atoms with Crippen LogP contribution in [0.1, 0.15) is 18.6 Å². The Kier molecular flexibility index (Phi) is 3.33. The van der Waals surface area contributed by atoms with E-state index in [9.17, 15) is 19.7 Å². The second-order valence-electron chi connectivity index (χ2n) is 4.42. The molecule has 1 aliphatic heterocycles. The van der Waals surface area contributed by atoms with Crippen LogP contribution >= 0.6 is 0 Å². The van der Waals surface area contributed by atoms with E-state index in [0.29, 0.717) is 11.3 Å². The van der Waals surface area contributed by atoms with Crippen LogP contribution < -0.4 is 4.90 Å². The summed E-state index contributed by atoms with van der Waals surface area (Å²) in [6, 6.07) is 4.14. The van der Waals surface area contributed by atoms with Gasteiger partial charge in [0.05, 0.1) is 18.3 Å². The van der Waals surface area contributed by atoms with Gasteiger partial charge in [0.1, 0.15) is 5.82 Å². The second kappa shape index (κ2) is 4.60. The van der Waals surface area contributed by atoms with Crippen molar-refractivity contribution in [3.05, 3.63) is 29.6 Å². The lowest BCUT2D eigenvalue weighted by atomic mass is 10.1. The van der Waals surface area contributed by atoms with Crippen LogP contribution in [0.2, 0.25) is 0 Å². The van der Waals surface area contributed by atoms with Crippen LogP contribution in [-0.4, -0.2) is 40.6 Å². The van der Waals surface area contributed by atoms with E-state index in [1.807, 2.05) is 0 Å². The number of hydrogen-bond donors (Lipinski definition) is 3. The number of nitrogens with zero attached hydrogens (tertiary/aromatic N) is 1. The van der Waals surface area contributed by atoms with Crippen molar-refractivity contribution in [1.29, 1.82) is 0 Å². The number of β-amino-alcohol motifs (C(OH)–C–C–N with tert-alkyl or cyclic N) is 2. The van der Waals surface area contributed by atoms with Crippen LogP contribution in [0.3, 0.4) is 0 Å². The monoisotopic (exact) mass is 241 g/mol. The summed E-state index contributed by atoms with van der Waals surface area (Å²) >= 11 is 0. The molecule has 1 aliphatic rings. The molecule has 3 N–H and O–H groups in total. The standard InChI is InChI=1S/C12H16FNO3/c1-7(15)9-4-8(13)2-3-10(9)14-5-11(16)12(17)6-14/h2-4,7,11-12,15-17H,5-6H2,1H3/t7-,11?,12?/m0/s1. The SMILES string of the molecule is C[C@H](O)c1cc(F)ccc1N1CC(O)C(O)C1. The fourth-order valence-corrected chi connectivity index (χ4v) is 2.11. The number of benzene rings is 1. The van der Waals surface area contributed by atoms with Gasteiger partial charge >= 0.3 is 0 Å². The number of aliphatic hydroxyl groups is 3. The zero-order valence-electron chi connectivity index (χ0n) is 9.55. The lowest BCUT2D eigenvalue weighted by Crippen LogP contribution is -2.23. The molecule has 0 saturated carbocycles. The average molecular weight is 241 g/mol. The maximum atomic E-state index is 13.1. The van der Waals surface area contributed by atoms with Crippen LogP contribution in [0.25, 0.3) is 0 Å². The largest absolute Gasteiger partial charge is 0.389 e. The van der Waals surface area contributed by atoms with Gasteiger partial charge in [-0.2, -0.15) is 0 Å². The average Bonchev–Trinajstić information content (AvgIpc) is 2.59. The molecule has 1 saturated heterocycles. The fourth-order valence-electron chi connectivity index (χ4n) is 2.11. The molecule has 94 valence electrons. The van der Waals surface area contributed by atoms with Gasteiger partial charge in [-0.3, -0.25) is 0 Å². The molecule has 1 heterocycles. The maximum Gasteiger partial charge on any atom is 0.123 e. The molecule has 2 rings (SSSR count). The van der Waals surface area contributed by atoms with E-state index >= 15 is 0 Å².